The Morgan fingerprint density at radius 1 is 1.00 bits per heavy atom. The van der Waals surface area contributed by atoms with Crippen molar-refractivity contribution in [1.82, 2.24) is 4.90 Å². The number of phenols is 1. The first-order chi connectivity index (χ1) is 13.8. The second kappa shape index (κ2) is 9.92. The monoisotopic (exact) mass is 395 g/mol. The van der Waals surface area contributed by atoms with Crippen LogP contribution in [0.3, 0.4) is 0 Å². The lowest BCUT2D eigenvalue weighted by molar-refractivity contribution is -0.129. The zero-order chi connectivity index (χ0) is 21.6. The lowest BCUT2D eigenvalue weighted by Crippen LogP contribution is -2.41. The summed E-state index contributed by atoms with van der Waals surface area (Å²) in [5.74, 6) is -0.644. The predicted molar refractivity (Wildman–Crippen MR) is 115 cm³/mol. The van der Waals surface area contributed by atoms with Crippen LogP contribution in [0.25, 0.3) is 5.57 Å². The molecule has 0 aromatic heterocycles. The lowest BCUT2D eigenvalue weighted by atomic mass is 9.94. The van der Waals surface area contributed by atoms with E-state index < -0.39 is 5.97 Å². The Labute approximate surface area is 172 Å². The number of hydrogen-bond donors (Lipinski definition) is 1. The van der Waals surface area contributed by atoms with Gasteiger partial charge in [-0.25, -0.2) is 4.79 Å². The predicted octanol–water partition coefficient (Wildman–Crippen LogP) is 4.65. The molecule has 0 heterocycles. The van der Waals surface area contributed by atoms with E-state index in [4.69, 9.17) is 4.74 Å². The highest BCUT2D eigenvalue weighted by atomic mass is 16.5. The number of hydrogen-bond acceptors (Lipinski definition) is 4. The van der Waals surface area contributed by atoms with E-state index in [0.29, 0.717) is 16.7 Å². The normalized spacial score (nSPS) is 11.6. The van der Waals surface area contributed by atoms with Crippen LogP contribution in [0.1, 0.15) is 56.1 Å². The zero-order valence-electron chi connectivity index (χ0n) is 17.7. The molecule has 0 saturated carbocycles. The molecule has 0 spiro atoms. The second-order valence-corrected chi connectivity index (χ2v) is 7.31. The van der Waals surface area contributed by atoms with Gasteiger partial charge >= 0.3 is 5.97 Å². The number of ether oxygens (including phenoxy) is 1. The molecule has 5 heteroatoms. The third kappa shape index (κ3) is 5.47. The van der Waals surface area contributed by atoms with E-state index >= 15 is 0 Å². The summed E-state index contributed by atoms with van der Waals surface area (Å²) in [4.78, 5) is 27.0. The van der Waals surface area contributed by atoms with Crippen LogP contribution < -0.4 is 0 Å². The van der Waals surface area contributed by atoms with E-state index in [0.717, 1.165) is 5.56 Å². The van der Waals surface area contributed by atoms with Crippen molar-refractivity contribution in [2.75, 3.05) is 6.61 Å². The van der Waals surface area contributed by atoms with Gasteiger partial charge in [0.25, 0.3) is 0 Å². The molecule has 5 nitrogen and oxygen atoms in total. The topological polar surface area (TPSA) is 66.8 Å². The number of carbonyl (C=O) groups excluding carboxylic acids is 2. The Morgan fingerprint density at radius 3 is 2.17 bits per heavy atom. The molecule has 2 aromatic rings. The van der Waals surface area contributed by atoms with Crippen molar-refractivity contribution in [3.63, 3.8) is 0 Å². The Bertz CT molecular complexity index is 877. The highest BCUT2D eigenvalue weighted by molar-refractivity contribution is 6.01. The summed E-state index contributed by atoms with van der Waals surface area (Å²) in [5, 5.41) is 10.5. The van der Waals surface area contributed by atoms with Gasteiger partial charge in [-0.2, -0.15) is 0 Å². The number of rotatable bonds is 7. The quantitative estimate of drug-likeness (QED) is 0.548. The molecular formula is C24H29NO4. The van der Waals surface area contributed by atoms with E-state index in [1.807, 2.05) is 58.0 Å². The molecule has 2 rings (SSSR count). The van der Waals surface area contributed by atoms with E-state index in [9.17, 15) is 14.7 Å². The molecule has 0 atom stereocenters. The van der Waals surface area contributed by atoms with E-state index in [1.54, 1.807) is 17.9 Å². The van der Waals surface area contributed by atoms with Gasteiger partial charge in [-0.1, -0.05) is 30.3 Å². The molecule has 0 aliphatic heterocycles. The maximum atomic E-state index is 13.1. The minimum absolute atomic E-state index is 0.0124. The Balaban J connectivity index is 2.63. The van der Waals surface area contributed by atoms with Crippen LogP contribution in [0.5, 0.6) is 5.75 Å². The van der Waals surface area contributed by atoms with E-state index in [-0.39, 0.29) is 30.3 Å². The molecule has 1 N–H and O–H groups in total. The van der Waals surface area contributed by atoms with Crippen LogP contribution in [0, 0.1) is 0 Å². The highest BCUT2D eigenvalue weighted by Gasteiger charge is 2.21. The number of nitrogens with zero attached hydrogens (tertiary/aromatic N) is 1. The first kappa shape index (κ1) is 22.2. The first-order valence-corrected chi connectivity index (χ1v) is 9.86. The van der Waals surface area contributed by atoms with Crippen molar-refractivity contribution < 1.29 is 19.4 Å². The van der Waals surface area contributed by atoms with Crippen molar-refractivity contribution in [1.29, 1.82) is 0 Å². The number of amides is 1. The number of carbonyl (C=O) groups is 2. The minimum Gasteiger partial charge on any atom is -0.507 e. The summed E-state index contributed by atoms with van der Waals surface area (Å²) in [6.45, 7) is 9.85. The molecule has 0 fully saturated rings. The summed E-state index contributed by atoms with van der Waals surface area (Å²) in [7, 11) is 0. The average Bonchev–Trinajstić information content (AvgIpc) is 2.67. The van der Waals surface area contributed by atoms with Gasteiger partial charge in [-0.05, 0) is 64.0 Å². The fourth-order valence-electron chi connectivity index (χ4n) is 3.33. The SMILES string of the molecule is CCOC(=O)c1ccc(O)c(/C(=C/C(=O)N(C(C)C)C(C)C)c2ccccc2)c1. The Hall–Kier alpha value is -3.08. The molecule has 0 radical (unpaired) electrons. The van der Waals surface area contributed by atoms with Gasteiger partial charge in [-0.3, -0.25) is 4.79 Å². The van der Waals surface area contributed by atoms with Crippen molar-refractivity contribution in [2.24, 2.45) is 0 Å². The van der Waals surface area contributed by atoms with Crippen molar-refractivity contribution >= 4 is 17.4 Å². The van der Waals surface area contributed by atoms with Crippen LogP contribution in [0.4, 0.5) is 0 Å². The fraction of sp³-hybridized carbons (Fsp3) is 0.333. The third-order valence-electron chi connectivity index (χ3n) is 4.52. The number of aromatic hydroxyl groups is 1. The van der Waals surface area contributed by atoms with Crippen molar-refractivity contribution in [2.45, 2.75) is 46.7 Å². The molecular weight excluding hydrogens is 366 g/mol. The number of phenolic OH excluding ortho intramolecular Hbond substituents is 1. The van der Waals surface area contributed by atoms with E-state index in [2.05, 4.69) is 0 Å². The lowest BCUT2D eigenvalue weighted by Gasteiger charge is -2.30. The average molecular weight is 395 g/mol. The van der Waals surface area contributed by atoms with Gasteiger partial charge in [0.1, 0.15) is 5.75 Å². The van der Waals surface area contributed by atoms with Crippen molar-refractivity contribution in [3.8, 4) is 5.75 Å². The number of benzene rings is 2. The second-order valence-electron chi connectivity index (χ2n) is 7.31. The van der Waals surface area contributed by atoms with Crippen LogP contribution >= 0.6 is 0 Å². The summed E-state index contributed by atoms with van der Waals surface area (Å²) in [6, 6.07) is 13.9. The summed E-state index contributed by atoms with van der Waals surface area (Å²) in [5.41, 5.74) is 2.04. The van der Waals surface area contributed by atoms with Gasteiger partial charge < -0.3 is 14.7 Å². The summed E-state index contributed by atoms with van der Waals surface area (Å²) < 4.78 is 5.08. The van der Waals surface area contributed by atoms with Gasteiger partial charge in [-0.15, -0.1) is 0 Å². The summed E-state index contributed by atoms with van der Waals surface area (Å²) in [6.07, 6.45) is 1.53. The van der Waals surface area contributed by atoms with Crippen LogP contribution in [-0.4, -0.2) is 40.6 Å². The molecule has 0 aliphatic carbocycles. The molecule has 0 unspecified atom stereocenters. The minimum atomic E-state index is -0.474. The number of esters is 1. The maximum Gasteiger partial charge on any atom is 0.338 e. The van der Waals surface area contributed by atoms with Crippen LogP contribution in [0.2, 0.25) is 0 Å². The molecule has 154 valence electrons. The summed E-state index contributed by atoms with van der Waals surface area (Å²) >= 11 is 0. The van der Waals surface area contributed by atoms with Gasteiger partial charge in [0.2, 0.25) is 5.91 Å². The smallest absolute Gasteiger partial charge is 0.338 e. The first-order valence-electron chi connectivity index (χ1n) is 9.86. The largest absolute Gasteiger partial charge is 0.507 e. The molecule has 0 saturated heterocycles. The zero-order valence-corrected chi connectivity index (χ0v) is 17.7. The molecule has 29 heavy (non-hydrogen) atoms. The van der Waals surface area contributed by atoms with Crippen LogP contribution in [0.15, 0.2) is 54.6 Å². The molecule has 1 amide bonds. The Kier molecular flexibility index (Phi) is 7.59. The standard InChI is InChI=1S/C24H29NO4/c1-6-29-24(28)19-12-13-22(26)21(14-19)20(18-10-8-7-9-11-18)15-23(27)25(16(2)3)17(4)5/h7-17,26H,6H2,1-5H3/b20-15+. The Morgan fingerprint density at radius 2 is 1.62 bits per heavy atom. The van der Waals surface area contributed by atoms with Gasteiger partial charge in [0, 0.05) is 23.7 Å². The van der Waals surface area contributed by atoms with Crippen molar-refractivity contribution in [3.05, 3.63) is 71.3 Å². The van der Waals surface area contributed by atoms with Crippen LogP contribution in [-0.2, 0) is 9.53 Å². The molecule has 2 aromatic carbocycles. The van der Waals surface area contributed by atoms with Gasteiger partial charge in [0.15, 0.2) is 0 Å². The highest BCUT2D eigenvalue weighted by Crippen LogP contribution is 2.32. The maximum absolute atomic E-state index is 13.1. The third-order valence-corrected chi connectivity index (χ3v) is 4.52. The van der Waals surface area contributed by atoms with E-state index in [1.165, 1.54) is 18.2 Å². The fourth-order valence-corrected chi connectivity index (χ4v) is 3.33. The molecule has 0 bridgehead atoms. The van der Waals surface area contributed by atoms with Gasteiger partial charge in [0.05, 0.1) is 12.2 Å². The molecule has 0 aliphatic rings.